The van der Waals surface area contributed by atoms with E-state index in [0.29, 0.717) is 13.0 Å². The average Bonchev–Trinajstić information content (AvgIpc) is 2.21. The minimum atomic E-state index is -0.613. The maximum absolute atomic E-state index is 11.7. The molecule has 1 atom stereocenters. The third kappa shape index (κ3) is 2.92. The first-order chi connectivity index (χ1) is 6.97. The third-order valence-electron chi connectivity index (χ3n) is 2.72. The Bertz CT molecular complexity index is 263. The summed E-state index contributed by atoms with van der Waals surface area (Å²) in [5, 5.41) is 5.45. The van der Waals surface area contributed by atoms with E-state index in [4.69, 9.17) is 5.73 Å². The molecular weight excluding hydrogens is 194 g/mol. The lowest BCUT2D eigenvalue weighted by Crippen LogP contribution is -2.54. The van der Waals surface area contributed by atoms with Gasteiger partial charge < -0.3 is 16.4 Å². The molecule has 15 heavy (non-hydrogen) atoms. The van der Waals surface area contributed by atoms with Crippen molar-refractivity contribution in [2.75, 3.05) is 13.1 Å². The molecular formula is C10H19N3O2. The molecule has 2 amide bonds. The number of amides is 2. The van der Waals surface area contributed by atoms with Crippen LogP contribution in [0.3, 0.4) is 0 Å². The maximum atomic E-state index is 11.7. The molecule has 1 heterocycles. The van der Waals surface area contributed by atoms with Gasteiger partial charge >= 0.3 is 0 Å². The number of hydrogen-bond acceptors (Lipinski definition) is 3. The van der Waals surface area contributed by atoms with Crippen molar-refractivity contribution in [1.29, 1.82) is 0 Å². The van der Waals surface area contributed by atoms with Crippen LogP contribution in [0.25, 0.3) is 0 Å². The van der Waals surface area contributed by atoms with Crippen LogP contribution in [0.4, 0.5) is 0 Å². The quantitative estimate of drug-likeness (QED) is 0.583. The molecule has 1 saturated heterocycles. The van der Waals surface area contributed by atoms with Crippen molar-refractivity contribution in [2.24, 2.45) is 11.1 Å². The Balaban J connectivity index is 2.53. The molecule has 0 aromatic heterocycles. The lowest BCUT2D eigenvalue weighted by atomic mass is 9.92. The first-order valence-corrected chi connectivity index (χ1v) is 5.26. The molecule has 5 nitrogen and oxygen atoms in total. The Morgan fingerprint density at radius 2 is 2.33 bits per heavy atom. The topological polar surface area (TPSA) is 84.2 Å². The Morgan fingerprint density at radius 3 is 2.87 bits per heavy atom. The van der Waals surface area contributed by atoms with Gasteiger partial charge in [-0.05, 0) is 26.7 Å². The number of nitrogens with two attached hydrogens (primary N) is 1. The van der Waals surface area contributed by atoms with Gasteiger partial charge in [-0.3, -0.25) is 9.59 Å². The number of piperidine rings is 1. The highest BCUT2D eigenvalue weighted by atomic mass is 16.2. The van der Waals surface area contributed by atoms with E-state index in [0.717, 1.165) is 6.42 Å². The van der Waals surface area contributed by atoms with Crippen LogP contribution in [-0.2, 0) is 9.59 Å². The molecule has 5 heteroatoms. The number of carbonyl (C=O) groups is 2. The minimum Gasteiger partial charge on any atom is -0.354 e. The molecule has 1 rings (SSSR count). The first-order valence-electron chi connectivity index (χ1n) is 5.26. The fourth-order valence-corrected chi connectivity index (χ4v) is 1.36. The van der Waals surface area contributed by atoms with Crippen molar-refractivity contribution in [1.82, 2.24) is 10.6 Å². The number of hydrogen-bond donors (Lipinski definition) is 3. The van der Waals surface area contributed by atoms with Crippen molar-refractivity contribution in [3.8, 4) is 0 Å². The molecule has 0 radical (unpaired) electrons. The van der Waals surface area contributed by atoms with Gasteiger partial charge in [0.15, 0.2) is 0 Å². The fraction of sp³-hybridized carbons (Fsp3) is 0.800. The van der Waals surface area contributed by atoms with Crippen LogP contribution in [0.5, 0.6) is 0 Å². The van der Waals surface area contributed by atoms with E-state index in [9.17, 15) is 9.59 Å². The van der Waals surface area contributed by atoms with Gasteiger partial charge in [0.25, 0.3) is 0 Å². The summed E-state index contributed by atoms with van der Waals surface area (Å²) in [6.07, 6.45) is 1.61. The summed E-state index contributed by atoms with van der Waals surface area (Å²) in [4.78, 5) is 23.1. The standard InChI is InChI=1S/C10H19N3O2/c1-10(2,6-11)9(15)13-7-4-3-5-12-8(7)14/h7H,3-6,11H2,1-2H3,(H,12,14)(H,13,15). The molecule has 0 saturated carbocycles. The van der Waals surface area contributed by atoms with Crippen LogP contribution in [0.1, 0.15) is 26.7 Å². The van der Waals surface area contributed by atoms with Gasteiger partial charge in [0.05, 0.1) is 5.41 Å². The summed E-state index contributed by atoms with van der Waals surface area (Å²) < 4.78 is 0. The summed E-state index contributed by atoms with van der Waals surface area (Å²) in [6.45, 7) is 4.50. The van der Waals surface area contributed by atoms with E-state index in [1.807, 2.05) is 0 Å². The van der Waals surface area contributed by atoms with Crippen LogP contribution in [0.15, 0.2) is 0 Å². The predicted octanol–water partition coefficient (Wildman–Crippen LogP) is -0.634. The number of carbonyl (C=O) groups excluding carboxylic acids is 2. The summed E-state index contributed by atoms with van der Waals surface area (Å²) in [5.74, 6) is -0.255. The molecule has 4 N–H and O–H groups in total. The fourth-order valence-electron chi connectivity index (χ4n) is 1.36. The van der Waals surface area contributed by atoms with Crippen molar-refractivity contribution in [3.63, 3.8) is 0 Å². The monoisotopic (exact) mass is 213 g/mol. The van der Waals surface area contributed by atoms with Gasteiger partial charge in [-0.15, -0.1) is 0 Å². The summed E-state index contributed by atoms with van der Waals surface area (Å²) >= 11 is 0. The van der Waals surface area contributed by atoms with E-state index in [1.54, 1.807) is 13.8 Å². The molecule has 0 spiro atoms. The highest BCUT2D eigenvalue weighted by Crippen LogP contribution is 2.14. The Hall–Kier alpha value is -1.10. The van der Waals surface area contributed by atoms with Gasteiger partial charge in [-0.2, -0.15) is 0 Å². The summed E-state index contributed by atoms with van der Waals surface area (Å²) in [5.41, 5.74) is 4.87. The second-order valence-electron chi connectivity index (χ2n) is 4.55. The normalized spacial score (nSPS) is 22.1. The Labute approximate surface area is 89.8 Å². The summed E-state index contributed by atoms with van der Waals surface area (Å²) in [7, 11) is 0. The van der Waals surface area contributed by atoms with Gasteiger partial charge in [0.1, 0.15) is 6.04 Å². The molecule has 1 aliphatic rings. The molecule has 0 bridgehead atoms. The highest BCUT2D eigenvalue weighted by Gasteiger charge is 2.30. The maximum Gasteiger partial charge on any atom is 0.242 e. The molecule has 1 unspecified atom stereocenters. The minimum absolute atomic E-state index is 0.0950. The summed E-state index contributed by atoms with van der Waals surface area (Å²) in [6, 6.07) is -0.392. The van der Waals surface area contributed by atoms with Gasteiger partial charge in [-0.25, -0.2) is 0 Å². The van der Waals surface area contributed by atoms with E-state index in [-0.39, 0.29) is 18.4 Å². The zero-order chi connectivity index (χ0) is 11.5. The predicted molar refractivity (Wildman–Crippen MR) is 57.0 cm³/mol. The van der Waals surface area contributed by atoms with E-state index in [2.05, 4.69) is 10.6 Å². The lowest BCUT2D eigenvalue weighted by Gasteiger charge is -2.27. The second kappa shape index (κ2) is 4.61. The first kappa shape index (κ1) is 12.0. The molecule has 0 aromatic rings. The second-order valence-corrected chi connectivity index (χ2v) is 4.55. The Kier molecular flexibility index (Phi) is 3.68. The third-order valence-corrected chi connectivity index (χ3v) is 2.72. The van der Waals surface area contributed by atoms with Crippen LogP contribution in [0.2, 0.25) is 0 Å². The lowest BCUT2D eigenvalue weighted by molar-refractivity contribution is -0.134. The highest BCUT2D eigenvalue weighted by molar-refractivity contribution is 5.90. The SMILES string of the molecule is CC(C)(CN)C(=O)NC1CCCNC1=O. The molecule has 0 aromatic carbocycles. The average molecular weight is 213 g/mol. The zero-order valence-electron chi connectivity index (χ0n) is 9.30. The van der Waals surface area contributed by atoms with Crippen molar-refractivity contribution in [2.45, 2.75) is 32.7 Å². The van der Waals surface area contributed by atoms with E-state index >= 15 is 0 Å². The van der Waals surface area contributed by atoms with Gasteiger partial charge in [0.2, 0.25) is 11.8 Å². The Morgan fingerprint density at radius 1 is 1.67 bits per heavy atom. The van der Waals surface area contributed by atoms with Crippen molar-refractivity contribution < 1.29 is 9.59 Å². The van der Waals surface area contributed by atoms with Crippen LogP contribution >= 0.6 is 0 Å². The number of rotatable bonds is 3. The zero-order valence-corrected chi connectivity index (χ0v) is 9.30. The van der Waals surface area contributed by atoms with Crippen molar-refractivity contribution >= 4 is 11.8 Å². The van der Waals surface area contributed by atoms with Gasteiger partial charge in [-0.1, -0.05) is 0 Å². The molecule has 1 fully saturated rings. The van der Waals surface area contributed by atoms with E-state index in [1.165, 1.54) is 0 Å². The molecule has 1 aliphatic heterocycles. The molecule has 86 valence electrons. The smallest absolute Gasteiger partial charge is 0.242 e. The van der Waals surface area contributed by atoms with Crippen molar-refractivity contribution in [3.05, 3.63) is 0 Å². The number of nitrogens with one attached hydrogen (secondary N) is 2. The molecule has 0 aliphatic carbocycles. The van der Waals surface area contributed by atoms with E-state index < -0.39 is 11.5 Å². The van der Waals surface area contributed by atoms with Crippen LogP contribution in [-0.4, -0.2) is 30.9 Å². The van der Waals surface area contributed by atoms with Gasteiger partial charge in [0, 0.05) is 13.1 Å². The van der Waals surface area contributed by atoms with Crippen LogP contribution < -0.4 is 16.4 Å². The van der Waals surface area contributed by atoms with Crippen LogP contribution in [0, 0.1) is 5.41 Å². The largest absolute Gasteiger partial charge is 0.354 e.